The number of nitrogens with zero attached hydrogens (tertiary/aromatic N) is 2. The minimum Gasteiger partial charge on any atom is -0.465 e. The van der Waals surface area contributed by atoms with E-state index in [2.05, 4.69) is 19.9 Å². The highest BCUT2D eigenvalue weighted by Gasteiger charge is 2.31. The van der Waals surface area contributed by atoms with Crippen LogP contribution in [0.5, 0.6) is 5.75 Å². The fourth-order valence-corrected chi connectivity index (χ4v) is 3.60. The number of benzene rings is 1. The summed E-state index contributed by atoms with van der Waals surface area (Å²) in [5.74, 6) is -0.945. The molecule has 4 rings (SSSR count). The van der Waals surface area contributed by atoms with Crippen molar-refractivity contribution in [3.63, 3.8) is 0 Å². The Balaban J connectivity index is 1.68. The summed E-state index contributed by atoms with van der Waals surface area (Å²) >= 11 is 0. The van der Waals surface area contributed by atoms with Crippen molar-refractivity contribution in [2.75, 3.05) is 7.11 Å². The summed E-state index contributed by atoms with van der Waals surface area (Å²) in [6.07, 6.45) is -1.27. The predicted molar refractivity (Wildman–Crippen MR) is 104 cm³/mol. The summed E-state index contributed by atoms with van der Waals surface area (Å²) in [7, 11) is 1.23. The first-order chi connectivity index (χ1) is 14.7. The van der Waals surface area contributed by atoms with Crippen LogP contribution in [0.1, 0.15) is 21.6 Å². The highest BCUT2D eigenvalue weighted by Crippen LogP contribution is 2.30. The Morgan fingerprint density at radius 2 is 2.03 bits per heavy atom. The van der Waals surface area contributed by atoms with Crippen molar-refractivity contribution in [3.05, 3.63) is 57.8 Å². The zero-order valence-corrected chi connectivity index (χ0v) is 16.5. The van der Waals surface area contributed by atoms with Crippen molar-refractivity contribution in [1.29, 1.82) is 0 Å². The third kappa shape index (κ3) is 3.98. The summed E-state index contributed by atoms with van der Waals surface area (Å²) in [6, 6.07) is 4.10. The van der Waals surface area contributed by atoms with Crippen molar-refractivity contribution in [3.8, 4) is 17.0 Å². The molecule has 2 aliphatic heterocycles. The van der Waals surface area contributed by atoms with Crippen LogP contribution in [0.3, 0.4) is 0 Å². The van der Waals surface area contributed by atoms with Crippen molar-refractivity contribution >= 4 is 16.9 Å². The Bertz CT molecular complexity index is 1300. The molecule has 0 spiro atoms. The van der Waals surface area contributed by atoms with E-state index in [-0.39, 0.29) is 22.6 Å². The van der Waals surface area contributed by atoms with Crippen LogP contribution in [0.15, 0.2) is 35.4 Å². The van der Waals surface area contributed by atoms with Gasteiger partial charge in [-0.05, 0) is 37.1 Å². The number of aromatic nitrogens is 4. The standard InChI is InChI=1S/C20H17F3N4O4/c1-10-12(13-7-11(31-20(21,22)23)3-4-16(13)24-10)5-6-27-8-14-17(25-26-18(14)28)15(9-27)19(29)30-2/h3-4,7-9,24H,5-6H2,1-2H3,(H,26,28). The number of fused-ring (bicyclic) bond motifs is 2. The van der Waals surface area contributed by atoms with Crippen LogP contribution in [0.4, 0.5) is 13.2 Å². The van der Waals surface area contributed by atoms with Gasteiger partial charge in [-0.25, -0.2) is 9.89 Å². The highest BCUT2D eigenvalue weighted by atomic mass is 19.4. The fraction of sp³-hybridized carbons (Fsp3) is 0.250. The molecule has 0 saturated carbocycles. The smallest absolute Gasteiger partial charge is 0.465 e. The molecule has 0 aliphatic carbocycles. The minimum absolute atomic E-state index is 0.134. The van der Waals surface area contributed by atoms with Crippen LogP contribution in [0.2, 0.25) is 0 Å². The van der Waals surface area contributed by atoms with Crippen LogP contribution >= 0.6 is 0 Å². The number of hydrogen-bond acceptors (Lipinski definition) is 5. The summed E-state index contributed by atoms with van der Waals surface area (Å²) < 4.78 is 48.2. The molecule has 0 saturated heterocycles. The number of alkyl halides is 3. The van der Waals surface area contributed by atoms with Crippen LogP contribution in [-0.4, -0.2) is 39.2 Å². The molecule has 2 N–H and O–H groups in total. The Morgan fingerprint density at radius 3 is 2.74 bits per heavy atom. The van der Waals surface area contributed by atoms with Crippen molar-refractivity contribution in [1.82, 2.24) is 19.7 Å². The number of carbonyl (C=O) groups is 1. The largest absolute Gasteiger partial charge is 0.573 e. The lowest BCUT2D eigenvalue weighted by Crippen LogP contribution is -2.17. The molecule has 1 aromatic heterocycles. The fourth-order valence-electron chi connectivity index (χ4n) is 3.60. The number of aromatic amines is 2. The van der Waals surface area contributed by atoms with E-state index < -0.39 is 17.9 Å². The number of halogens is 3. The second-order valence-electron chi connectivity index (χ2n) is 6.95. The zero-order chi connectivity index (χ0) is 22.3. The molecule has 0 unspecified atom stereocenters. The first-order valence-electron chi connectivity index (χ1n) is 9.19. The van der Waals surface area contributed by atoms with Gasteiger partial charge >= 0.3 is 12.3 Å². The molecule has 3 heterocycles. The Labute approximate surface area is 172 Å². The van der Waals surface area contributed by atoms with Gasteiger partial charge in [-0.1, -0.05) is 0 Å². The van der Waals surface area contributed by atoms with E-state index in [0.717, 1.165) is 11.3 Å². The maximum Gasteiger partial charge on any atom is 0.573 e. The van der Waals surface area contributed by atoms with Crippen LogP contribution in [0, 0.1) is 6.92 Å². The second kappa shape index (κ2) is 7.49. The number of rotatable bonds is 5. The molecule has 0 amide bonds. The van der Waals surface area contributed by atoms with Gasteiger partial charge < -0.3 is 19.0 Å². The molecule has 2 aromatic rings. The summed E-state index contributed by atoms with van der Waals surface area (Å²) in [6.45, 7) is 2.17. The van der Waals surface area contributed by atoms with E-state index in [4.69, 9.17) is 4.74 Å². The monoisotopic (exact) mass is 434 g/mol. The van der Waals surface area contributed by atoms with Crippen molar-refractivity contribution in [2.45, 2.75) is 26.3 Å². The zero-order valence-electron chi connectivity index (χ0n) is 16.5. The summed E-state index contributed by atoms with van der Waals surface area (Å²) in [5.41, 5.74) is 2.41. The van der Waals surface area contributed by atoms with Gasteiger partial charge in [-0.3, -0.25) is 4.79 Å². The van der Waals surface area contributed by atoms with Crippen molar-refractivity contribution in [2.24, 2.45) is 0 Å². The average molecular weight is 434 g/mol. The summed E-state index contributed by atoms with van der Waals surface area (Å²) in [4.78, 5) is 27.3. The normalized spacial score (nSPS) is 11.9. The van der Waals surface area contributed by atoms with Gasteiger partial charge in [0.2, 0.25) is 0 Å². The minimum atomic E-state index is -4.78. The SMILES string of the molecule is COC(=O)c1cn(CCc2c(C)[nH]c3ccc(OC(F)(F)F)cc23)cc2c(=O)[nH]nc1-2. The van der Waals surface area contributed by atoms with E-state index in [1.807, 2.05) is 6.92 Å². The molecule has 162 valence electrons. The van der Waals surface area contributed by atoms with E-state index in [0.29, 0.717) is 23.9 Å². The Kier molecular flexibility index (Phi) is 4.96. The molecular weight excluding hydrogens is 417 g/mol. The molecule has 11 heteroatoms. The van der Waals surface area contributed by atoms with Gasteiger partial charge in [0.25, 0.3) is 5.56 Å². The molecule has 0 radical (unpaired) electrons. The lowest BCUT2D eigenvalue weighted by molar-refractivity contribution is -0.274. The highest BCUT2D eigenvalue weighted by molar-refractivity contribution is 5.96. The van der Waals surface area contributed by atoms with E-state index >= 15 is 0 Å². The second-order valence-corrected chi connectivity index (χ2v) is 6.95. The molecule has 2 aliphatic rings. The molecule has 0 bridgehead atoms. The number of hydrogen-bond donors (Lipinski definition) is 2. The lowest BCUT2D eigenvalue weighted by Gasteiger charge is -2.12. The van der Waals surface area contributed by atoms with E-state index in [9.17, 15) is 22.8 Å². The lowest BCUT2D eigenvalue weighted by atomic mass is 10.1. The quantitative estimate of drug-likeness (QED) is 0.469. The number of ether oxygens (including phenoxy) is 2. The first-order valence-corrected chi connectivity index (χ1v) is 9.19. The van der Waals surface area contributed by atoms with Crippen LogP contribution in [-0.2, 0) is 17.7 Å². The Morgan fingerprint density at radius 1 is 1.26 bits per heavy atom. The van der Waals surface area contributed by atoms with Crippen LogP contribution in [0.25, 0.3) is 22.2 Å². The molecule has 31 heavy (non-hydrogen) atoms. The predicted octanol–water partition coefficient (Wildman–Crippen LogP) is 3.39. The first kappa shape index (κ1) is 20.5. The average Bonchev–Trinajstić information content (AvgIpc) is 3.23. The molecule has 8 nitrogen and oxygen atoms in total. The molecular formula is C20H17F3N4O4. The topological polar surface area (TPSA) is 102 Å². The maximum absolute atomic E-state index is 12.6. The molecule has 1 aromatic carbocycles. The molecule has 0 atom stereocenters. The third-order valence-electron chi connectivity index (χ3n) is 4.96. The number of H-pyrrole nitrogens is 2. The Hall–Kier alpha value is -3.76. The van der Waals surface area contributed by atoms with Crippen LogP contribution < -0.4 is 10.3 Å². The third-order valence-corrected chi connectivity index (χ3v) is 4.96. The number of methoxy groups -OCH3 is 1. The summed E-state index contributed by atoms with van der Waals surface area (Å²) in [5, 5.41) is 6.78. The van der Waals surface area contributed by atoms with Crippen molar-refractivity contribution < 1.29 is 27.4 Å². The number of pyridine rings is 1. The van der Waals surface area contributed by atoms with E-state index in [1.54, 1.807) is 10.8 Å². The van der Waals surface area contributed by atoms with E-state index in [1.165, 1.54) is 31.5 Å². The van der Waals surface area contributed by atoms with Gasteiger partial charge in [-0.2, -0.15) is 5.10 Å². The number of carbonyl (C=O) groups excluding carboxylic acids is 1. The number of esters is 1. The van der Waals surface area contributed by atoms with Gasteiger partial charge in [-0.15, -0.1) is 13.2 Å². The maximum atomic E-state index is 12.6. The number of nitrogens with one attached hydrogen (secondary N) is 2. The van der Waals surface area contributed by atoms with Gasteiger partial charge in [0, 0.05) is 35.5 Å². The molecule has 0 fully saturated rings. The van der Waals surface area contributed by atoms with Gasteiger partial charge in [0.05, 0.1) is 12.7 Å². The number of aryl methyl sites for hydroxylation is 3. The van der Waals surface area contributed by atoms with Gasteiger partial charge in [0.15, 0.2) is 0 Å². The van der Waals surface area contributed by atoms with Gasteiger partial charge in [0.1, 0.15) is 17.0 Å².